The van der Waals surface area contributed by atoms with E-state index in [2.05, 4.69) is 10.6 Å². The van der Waals surface area contributed by atoms with Crippen LogP contribution in [0.2, 0.25) is 5.02 Å². The third-order valence-corrected chi connectivity index (χ3v) is 4.59. The highest BCUT2D eigenvalue weighted by Crippen LogP contribution is 2.36. The van der Waals surface area contributed by atoms with Crippen LogP contribution in [-0.2, 0) is 4.79 Å². The lowest BCUT2D eigenvalue weighted by Gasteiger charge is -2.12. The summed E-state index contributed by atoms with van der Waals surface area (Å²) in [5.74, 6) is 0.409. The summed E-state index contributed by atoms with van der Waals surface area (Å²) in [4.78, 5) is 24.7. The van der Waals surface area contributed by atoms with Crippen molar-refractivity contribution in [2.75, 3.05) is 19.0 Å². The molecule has 2 aromatic carbocycles. The number of methoxy groups -OCH3 is 1. The molecule has 0 unspecified atom stereocenters. The van der Waals surface area contributed by atoms with Crippen LogP contribution in [-0.4, -0.2) is 31.6 Å². The molecule has 6 nitrogen and oxygen atoms in total. The maximum absolute atomic E-state index is 12.4. The smallest absolute Gasteiger partial charge is 0.253 e. The minimum atomic E-state index is -0.361. The minimum Gasteiger partial charge on any atom is -0.493 e. The van der Waals surface area contributed by atoms with E-state index < -0.39 is 0 Å². The second-order valence-electron chi connectivity index (χ2n) is 6.58. The van der Waals surface area contributed by atoms with Crippen molar-refractivity contribution in [2.24, 2.45) is 0 Å². The fourth-order valence-corrected chi connectivity index (χ4v) is 3.02. The van der Waals surface area contributed by atoms with Gasteiger partial charge in [0.05, 0.1) is 30.0 Å². The van der Waals surface area contributed by atoms with Gasteiger partial charge >= 0.3 is 0 Å². The van der Waals surface area contributed by atoms with Crippen molar-refractivity contribution in [2.45, 2.75) is 25.8 Å². The average Bonchev–Trinajstić information content (AvgIpc) is 3.52. The van der Waals surface area contributed by atoms with Gasteiger partial charge in [-0.25, -0.2) is 0 Å². The Morgan fingerprint density at radius 3 is 2.69 bits per heavy atom. The molecule has 2 aromatic rings. The first kappa shape index (κ1) is 20.7. The predicted molar refractivity (Wildman–Crippen MR) is 114 cm³/mol. The number of amides is 2. The zero-order valence-corrected chi connectivity index (χ0v) is 17.1. The number of carbonyl (C=O) groups is 2. The van der Waals surface area contributed by atoms with Crippen molar-refractivity contribution in [3.63, 3.8) is 0 Å². The summed E-state index contributed by atoms with van der Waals surface area (Å²) in [5.41, 5.74) is 1.58. The number of rotatable bonds is 8. The second kappa shape index (κ2) is 9.47. The van der Waals surface area contributed by atoms with Crippen LogP contribution in [0.5, 0.6) is 11.5 Å². The number of benzene rings is 2. The van der Waals surface area contributed by atoms with Gasteiger partial charge in [-0.1, -0.05) is 23.7 Å². The first-order valence-corrected chi connectivity index (χ1v) is 9.79. The van der Waals surface area contributed by atoms with Gasteiger partial charge in [0.1, 0.15) is 0 Å². The standard InChI is InChI=1S/C22H23ClN2O4/c1-3-29-21-17(23)12-14(13-19(21)28-2)8-11-20(26)25-18-7-5-4-6-16(18)22(27)24-15-9-10-15/h4-8,11-13,15H,3,9-10H2,1-2H3,(H,24,27)(H,25,26)/b11-8+. The van der Waals surface area contributed by atoms with Gasteiger partial charge in [-0.2, -0.15) is 0 Å². The molecule has 0 bridgehead atoms. The van der Waals surface area contributed by atoms with Gasteiger partial charge in [0.2, 0.25) is 5.91 Å². The number of halogens is 1. The molecule has 2 N–H and O–H groups in total. The Kier molecular flexibility index (Phi) is 6.77. The molecule has 0 saturated heterocycles. The van der Waals surface area contributed by atoms with Gasteiger partial charge in [0.25, 0.3) is 5.91 Å². The van der Waals surface area contributed by atoms with Crippen LogP contribution in [0.15, 0.2) is 42.5 Å². The third-order valence-electron chi connectivity index (χ3n) is 4.31. The number of ether oxygens (including phenoxy) is 2. The quantitative estimate of drug-likeness (QED) is 0.632. The summed E-state index contributed by atoms with van der Waals surface area (Å²) in [6, 6.07) is 10.6. The first-order valence-electron chi connectivity index (χ1n) is 9.41. The molecule has 29 heavy (non-hydrogen) atoms. The fraction of sp³-hybridized carbons (Fsp3) is 0.273. The van der Waals surface area contributed by atoms with Gasteiger partial charge in [0.15, 0.2) is 11.5 Å². The van der Waals surface area contributed by atoms with Crippen LogP contribution in [0.1, 0.15) is 35.7 Å². The molecule has 0 radical (unpaired) electrons. The van der Waals surface area contributed by atoms with Crippen molar-refractivity contribution in [1.82, 2.24) is 5.32 Å². The summed E-state index contributed by atoms with van der Waals surface area (Å²) in [5, 5.41) is 6.08. The maximum Gasteiger partial charge on any atom is 0.253 e. The molecule has 1 saturated carbocycles. The van der Waals surface area contributed by atoms with E-state index in [-0.39, 0.29) is 17.9 Å². The highest BCUT2D eigenvalue weighted by molar-refractivity contribution is 6.32. The van der Waals surface area contributed by atoms with E-state index in [1.807, 2.05) is 6.92 Å². The Hall–Kier alpha value is -2.99. The average molecular weight is 415 g/mol. The molecule has 2 amide bonds. The van der Waals surface area contributed by atoms with Gasteiger partial charge < -0.3 is 20.1 Å². The zero-order chi connectivity index (χ0) is 20.8. The van der Waals surface area contributed by atoms with Crippen molar-refractivity contribution in [3.8, 4) is 11.5 Å². The lowest BCUT2D eigenvalue weighted by atomic mass is 10.1. The number of hydrogen-bond donors (Lipinski definition) is 2. The van der Waals surface area contributed by atoms with Crippen LogP contribution in [0.4, 0.5) is 5.69 Å². The molecule has 7 heteroatoms. The minimum absolute atomic E-state index is 0.185. The normalized spacial score (nSPS) is 13.2. The zero-order valence-electron chi connectivity index (χ0n) is 16.3. The molecule has 0 atom stereocenters. The fourth-order valence-electron chi connectivity index (χ4n) is 2.75. The molecule has 1 aliphatic rings. The number of hydrogen-bond acceptors (Lipinski definition) is 4. The van der Waals surface area contributed by atoms with Crippen molar-refractivity contribution in [1.29, 1.82) is 0 Å². The Morgan fingerprint density at radius 1 is 1.24 bits per heavy atom. The van der Waals surface area contributed by atoms with E-state index in [0.29, 0.717) is 39.9 Å². The van der Waals surface area contributed by atoms with Gasteiger partial charge in [-0.05, 0) is 55.7 Å². The maximum atomic E-state index is 12.4. The van der Waals surface area contributed by atoms with E-state index in [1.165, 1.54) is 13.2 Å². The molecule has 0 heterocycles. The van der Waals surface area contributed by atoms with E-state index in [9.17, 15) is 9.59 Å². The van der Waals surface area contributed by atoms with Crippen molar-refractivity contribution < 1.29 is 19.1 Å². The Bertz CT molecular complexity index is 938. The number of para-hydroxylation sites is 1. The van der Waals surface area contributed by atoms with E-state index in [0.717, 1.165) is 12.8 Å². The number of carbonyl (C=O) groups excluding carboxylic acids is 2. The Labute approximate surface area is 174 Å². The molecule has 152 valence electrons. The van der Waals surface area contributed by atoms with Crippen molar-refractivity contribution >= 4 is 35.2 Å². The highest BCUT2D eigenvalue weighted by Gasteiger charge is 2.24. The van der Waals surface area contributed by atoms with Crippen LogP contribution in [0, 0.1) is 0 Å². The molecule has 1 fully saturated rings. The molecule has 3 rings (SSSR count). The largest absolute Gasteiger partial charge is 0.493 e. The summed E-state index contributed by atoms with van der Waals surface area (Å²) < 4.78 is 10.8. The first-order chi connectivity index (χ1) is 14.0. The van der Waals surface area contributed by atoms with E-state index in [1.54, 1.807) is 42.5 Å². The number of anilines is 1. The lowest BCUT2D eigenvalue weighted by Crippen LogP contribution is -2.26. The molecule has 0 spiro atoms. The molecule has 1 aliphatic carbocycles. The van der Waals surface area contributed by atoms with Crippen LogP contribution in [0.25, 0.3) is 6.08 Å². The Morgan fingerprint density at radius 2 is 2.00 bits per heavy atom. The molecular weight excluding hydrogens is 392 g/mol. The highest BCUT2D eigenvalue weighted by atomic mass is 35.5. The van der Waals surface area contributed by atoms with Crippen LogP contribution >= 0.6 is 11.6 Å². The number of nitrogens with one attached hydrogen (secondary N) is 2. The van der Waals surface area contributed by atoms with Gasteiger partial charge in [0, 0.05) is 12.1 Å². The van der Waals surface area contributed by atoms with E-state index in [4.69, 9.17) is 21.1 Å². The molecule has 0 aromatic heterocycles. The van der Waals surface area contributed by atoms with E-state index >= 15 is 0 Å². The molecule has 0 aliphatic heterocycles. The summed E-state index contributed by atoms with van der Waals surface area (Å²) in [6.45, 7) is 2.32. The third kappa shape index (κ3) is 5.51. The second-order valence-corrected chi connectivity index (χ2v) is 6.99. The summed E-state index contributed by atoms with van der Waals surface area (Å²) in [6.07, 6.45) is 4.99. The SMILES string of the molecule is CCOc1c(Cl)cc(/C=C/C(=O)Nc2ccccc2C(=O)NC2CC2)cc1OC. The van der Waals surface area contributed by atoms with Crippen molar-refractivity contribution in [3.05, 3.63) is 58.6 Å². The predicted octanol–water partition coefficient (Wildman–Crippen LogP) is 4.29. The van der Waals surface area contributed by atoms with Gasteiger partial charge in [-0.15, -0.1) is 0 Å². The summed E-state index contributed by atoms with van der Waals surface area (Å²) in [7, 11) is 1.53. The van der Waals surface area contributed by atoms with Crippen LogP contribution < -0.4 is 20.1 Å². The lowest BCUT2D eigenvalue weighted by molar-refractivity contribution is -0.111. The topological polar surface area (TPSA) is 76.7 Å². The monoisotopic (exact) mass is 414 g/mol. The van der Waals surface area contributed by atoms with Gasteiger partial charge in [-0.3, -0.25) is 9.59 Å². The Balaban J connectivity index is 1.72. The van der Waals surface area contributed by atoms with Crippen LogP contribution in [0.3, 0.4) is 0 Å². The molecular formula is C22H23ClN2O4. The summed E-state index contributed by atoms with van der Waals surface area (Å²) >= 11 is 6.26.